The van der Waals surface area contributed by atoms with Gasteiger partial charge in [0.15, 0.2) is 5.82 Å². The van der Waals surface area contributed by atoms with Crippen molar-refractivity contribution in [2.75, 3.05) is 13.2 Å². The third-order valence-corrected chi connectivity index (χ3v) is 5.93. The molecule has 1 atom stereocenters. The second kappa shape index (κ2) is 7.31. The molecule has 9 heteroatoms. The summed E-state index contributed by atoms with van der Waals surface area (Å²) >= 11 is 0. The Balaban J connectivity index is 1.84. The van der Waals surface area contributed by atoms with Crippen LogP contribution in [0.15, 0.2) is 33.7 Å². The molecule has 1 aromatic carbocycles. The zero-order valence-corrected chi connectivity index (χ0v) is 14.6. The van der Waals surface area contributed by atoms with Crippen LogP contribution in [0.25, 0.3) is 0 Å². The number of benzene rings is 1. The number of sulfonamides is 1. The van der Waals surface area contributed by atoms with Crippen molar-refractivity contribution in [1.82, 2.24) is 14.4 Å². The normalized spacial score (nSPS) is 18.3. The van der Waals surface area contributed by atoms with Gasteiger partial charge in [-0.25, -0.2) is 8.42 Å². The summed E-state index contributed by atoms with van der Waals surface area (Å²) < 4.78 is 37.6. The first-order valence-corrected chi connectivity index (χ1v) is 9.42. The maximum atomic E-state index is 12.9. The van der Waals surface area contributed by atoms with Crippen molar-refractivity contribution in [2.45, 2.75) is 37.3 Å². The van der Waals surface area contributed by atoms with E-state index in [2.05, 4.69) is 10.1 Å². The number of nitriles is 1. The van der Waals surface area contributed by atoms with Crippen molar-refractivity contribution in [3.63, 3.8) is 0 Å². The SMILES string of the molecule is CCOCc1nc(C2CCCN2S(=O)(=O)c2ccc(C#N)cc2)no1. The highest BCUT2D eigenvalue weighted by Gasteiger charge is 2.38. The van der Waals surface area contributed by atoms with Crippen LogP contribution >= 0.6 is 0 Å². The van der Waals surface area contributed by atoms with Crippen LogP contribution in [-0.2, 0) is 21.4 Å². The molecule has 1 aromatic heterocycles. The van der Waals surface area contributed by atoms with Crippen LogP contribution in [0.5, 0.6) is 0 Å². The number of nitrogens with zero attached hydrogens (tertiary/aromatic N) is 4. The average molecular weight is 362 g/mol. The third-order valence-electron chi connectivity index (χ3n) is 4.01. The fraction of sp³-hybridized carbons (Fsp3) is 0.438. The molecule has 1 aliphatic heterocycles. The van der Waals surface area contributed by atoms with Gasteiger partial charge in [-0.1, -0.05) is 5.16 Å². The number of aromatic nitrogens is 2. The minimum atomic E-state index is -3.70. The number of hydrogen-bond acceptors (Lipinski definition) is 7. The number of ether oxygens (including phenoxy) is 1. The van der Waals surface area contributed by atoms with Crippen molar-refractivity contribution >= 4 is 10.0 Å². The van der Waals surface area contributed by atoms with E-state index in [0.29, 0.717) is 36.9 Å². The van der Waals surface area contributed by atoms with Crippen molar-refractivity contribution in [3.8, 4) is 6.07 Å². The predicted octanol–water partition coefficient (Wildman–Crippen LogP) is 2.00. The molecule has 2 heterocycles. The van der Waals surface area contributed by atoms with Gasteiger partial charge >= 0.3 is 0 Å². The van der Waals surface area contributed by atoms with Gasteiger partial charge in [0, 0.05) is 13.2 Å². The zero-order chi connectivity index (χ0) is 17.9. The van der Waals surface area contributed by atoms with E-state index in [9.17, 15) is 8.42 Å². The molecular formula is C16H18N4O4S. The summed E-state index contributed by atoms with van der Waals surface area (Å²) in [5.74, 6) is 0.684. The van der Waals surface area contributed by atoms with Crippen molar-refractivity contribution in [2.24, 2.45) is 0 Å². The molecule has 2 aromatic rings. The first kappa shape index (κ1) is 17.5. The summed E-state index contributed by atoms with van der Waals surface area (Å²) in [5, 5.41) is 12.8. The third kappa shape index (κ3) is 3.56. The smallest absolute Gasteiger partial charge is 0.252 e. The quantitative estimate of drug-likeness (QED) is 0.773. The minimum absolute atomic E-state index is 0.149. The van der Waals surface area contributed by atoms with Crippen molar-refractivity contribution in [1.29, 1.82) is 5.26 Å². The molecule has 0 radical (unpaired) electrons. The topological polar surface area (TPSA) is 109 Å². The van der Waals surface area contributed by atoms with Gasteiger partial charge in [-0.15, -0.1) is 0 Å². The Kier molecular flexibility index (Phi) is 5.13. The van der Waals surface area contributed by atoms with Crippen LogP contribution in [-0.4, -0.2) is 36.0 Å². The summed E-state index contributed by atoms with van der Waals surface area (Å²) in [6.07, 6.45) is 1.35. The van der Waals surface area contributed by atoms with Gasteiger partial charge in [-0.2, -0.15) is 14.6 Å². The Bertz CT molecular complexity index is 870. The molecular weight excluding hydrogens is 344 g/mol. The van der Waals surface area contributed by atoms with Crippen LogP contribution in [0.2, 0.25) is 0 Å². The van der Waals surface area contributed by atoms with Crippen LogP contribution in [0.3, 0.4) is 0 Å². The molecule has 8 nitrogen and oxygen atoms in total. The number of hydrogen-bond donors (Lipinski definition) is 0. The van der Waals surface area contributed by atoms with Crippen molar-refractivity contribution < 1.29 is 17.7 Å². The Morgan fingerprint density at radius 3 is 2.84 bits per heavy atom. The van der Waals surface area contributed by atoms with Gasteiger partial charge in [-0.3, -0.25) is 0 Å². The van der Waals surface area contributed by atoms with E-state index in [1.54, 1.807) is 0 Å². The summed E-state index contributed by atoms with van der Waals surface area (Å²) in [6, 6.07) is 7.39. The fourth-order valence-electron chi connectivity index (χ4n) is 2.77. The lowest BCUT2D eigenvalue weighted by Gasteiger charge is -2.21. The Hall–Kier alpha value is -2.28. The van der Waals surface area contributed by atoms with Gasteiger partial charge in [-0.05, 0) is 44.0 Å². The first-order valence-electron chi connectivity index (χ1n) is 7.98. The Morgan fingerprint density at radius 1 is 1.40 bits per heavy atom. The maximum Gasteiger partial charge on any atom is 0.252 e. The van der Waals surface area contributed by atoms with Gasteiger partial charge in [0.2, 0.25) is 10.0 Å². The maximum absolute atomic E-state index is 12.9. The summed E-state index contributed by atoms with van der Waals surface area (Å²) in [6.45, 7) is 2.99. The summed E-state index contributed by atoms with van der Waals surface area (Å²) in [4.78, 5) is 4.41. The first-order chi connectivity index (χ1) is 12.1. The second-order valence-electron chi connectivity index (χ2n) is 5.59. The molecule has 3 rings (SSSR count). The average Bonchev–Trinajstić information content (AvgIpc) is 3.29. The Morgan fingerprint density at radius 2 is 2.16 bits per heavy atom. The fourth-order valence-corrected chi connectivity index (χ4v) is 4.43. The largest absolute Gasteiger partial charge is 0.372 e. The number of rotatable bonds is 6. The molecule has 0 spiro atoms. The molecule has 0 bridgehead atoms. The highest BCUT2D eigenvalue weighted by atomic mass is 32.2. The molecule has 0 N–H and O–H groups in total. The highest BCUT2D eigenvalue weighted by molar-refractivity contribution is 7.89. The van der Waals surface area contributed by atoms with Crippen LogP contribution in [0.1, 0.15) is 43.1 Å². The van der Waals surface area contributed by atoms with E-state index in [0.717, 1.165) is 6.42 Å². The van der Waals surface area contributed by atoms with E-state index in [1.807, 2.05) is 13.0 Å². The molecule has 1 unspecified atom stereocenters. The van der Waals surface area contributed by atoms with Gasteiger partial charge in [0.25, 0.3) is 5.89 Å². The predicted molar refractivity (Wildman–Crippen MR) is 86.7 cm³/mol. The van der Waals surface area contributed by atoms with Crippen LogP contribution in [0.4, 0.5) is 0 Å². The molecule has 1 fully saturated rings. The lowest BCUT2D eigenvalue weighted by molar-refractivity contribution is 0.109. The molecule has 1 saturated heterocycles. The highest BCUT2D eigenvalue weighted by Crippen LogP contribution is 2.35. The van der Waals surface area contributed by atoms with E-state index in [1.165, 1.54) is 28.6 Å². The molecule has 0 aliphatic carbocycles. The van der Waals surface area contributed by atoms with E-state index in [-0.39, 0.29) is 11.5 Å². The molecule has 0 amide bonds. The van der Waals surface area contributed by atoms with Gasteiger partial charge < -0.3 is 9.26 Å². The zero-order valence-electron chi connectivity index (χ0n) is 13.8. The van der Waals surface area contributed by atoms with Gasteiger partial charge in [0.1, 0.15) is 6.61 Å². The summed E-state index contributed by atoms with van der Waals surface area (Å²) in [7, 11) is -3.70. The summed E-state index contributed by atoms with van der Waals surface area (Å²) in [5.41, 5.74) is 0.413. The van der Waals surface area contributed by atoms with E-state index < -0.39 is 16.1 Å². The molecule has 0 saturated carbocycles. The Labute approximate surface area is 146 Å². The molecule has 25 heavy (non-hydrogen) atoms. The second-order valence-corrected chi connectivity index (χ2v) is 7.48. The van der Waals surface area contributed by atoms with Crippen LogP contribution < -0.4 is 0 Å². The van der Waals surface area contributed by atoms with E-state index >= 15 is 0 Å². The van der Waals surface area contributed by atoms with Crippen LogP contribution in [0, 0.1) is 11.3 Å². The van der Waals surface area contributed by atoms with E-state index in [4.69, 9.17) is 14.5 Å². The lowest BCUT2D eigenvalue weighted by Crippen LogP contribution is -2.31. The minimum Gasteiger partial charge on any atom is -0.372 e. The standard InChI is InChI=1S/C16H18N4O4S/c1-2-23-11-15-18-16(19-24-15)14-4-3-9-20(14)25(21,22)13-7-5-12(10-17)6-8-13/h5-8,14H,2-4,9,11H2,1H3. The molecule has 132 valence electrons. The van der Waals surface area contributed by atoms with Gasteiger partial charge in [0.05, 0.1) is 22.6 Å². The van der Waals surface area contributed by atoms with Crippen molar-refractivity contribution in [3.05, 3.63) is 41.5 Å². The molecule has 1 aliphatic rings. The lowest BCUT2D eigenvalue weighted by atomic mass is 10.2. The monoisotopic (exact) mass is 362 g/mol.